The van der Waals surface area contributed by atoms with Crippen LogP contribution in [0.4, 0.5) is 0 Å². The Hall–Kier alpha value is -0.0300. The van der Waals surface area contributed by atoms with Gasteiger partial charge in [-0.2, -0.15) is 0 Å². The van der Waals surface area contributed by atoms with E-state index in [2.05, 4.69) is 6.58 Å². The van der Waals surface area contributed by atoms with Gasteiger partial charge in [-0.1, -0.05) is 0 Å². The molecule has 0 aromatic rings. The number of rotatable bonds is 6. The summed E-state index contributed by atoms with van der Waals surface area (Å²) in [5.41, 5.74) is 0. The first-order chi connectivity index (χ1) is 5.45. The van der Waals surface area contributed by atoms with Gasteiger partial charge >= 0.3 is 70.6 Å². The van der Waals surface area contributed by atoms with Gasteiger partial charge < -0.3 is 0 Å². The van der Waals surface area contributed by atoms with Gasteiger partial charge in [-0.15, -0.1) is 0 Å². The first-order valence-electron chi connectivity index (χ1n) is 3.53. The van der Waals surface area contributed by atoms with Crippen LogP contribution < -0.4 is 0 Å². The molecule has 12 heavy (non-hydrogen) atoms. The predicted octanol–water partition coefficient (Wildman–Crippen LogP) is -0.631. The molecule has 0 aliphatic heterocycles. The van der Waals surface area contributed by atoms with E-state index in [1.807, 2.05) is 0 Å². The summed E-state index contributed by atoms with van der Waals surface area (Å²) in [4.78, 5) is 25.7. The number of ether oxygens (including phenoxy) is 1. The normalized spacial score (nSPS) is 15.7. The molecule has 5 nitrogen and oxygen atoms in total. The van der Waals surface area contributed by atoms with Crippen LogP contribution in [0.25, 0.3) is 0 Å². The molecule has 0 rings (SSSR count). The third kappa shape index (κ3) is 8.07. The molecule has 6 heteroatoms. The Labute approximate surface area is 71.5 Å². The molecule has 0 amide bonds. The van der Waals surface area contributed by atoms with Crippen LogP contribution in [0, 0.1) is 0 Å². The Balaban J connectivity index is 3.43. The average molecular weight is 198 g/mol. The molecule has 1 atom stereocenters. The molecule has 1 unspecified atom stereocenters. The van der Waals surface area contributed by atoms with Crippen molar-refractivity contribution in [2.45, 2.75) is 12.7 Å². The van der Waals surface area contributed by atoms with Crippen molar-refractivity contribution in [1.82, 2.24) is 0 Å². The average Bonchev–Trinajstić information content (AvgIpc) is 1.95. The third-order valence-electron chi connectivity index (χ3n) is 1.13. The van der Waals surface area contributed by atoms with Gasteiger partial charge in [-0.25, -0.2) is 0 Å². The Kier molecular flexibility index (Phi) is 5.57. The maximum absolute atomic E-state index is 8.96. The van der Waals surface area contributed by atoms with Crippen molar-refractivity contribution in [2.75, 3.05) is 12.8 Å². The van der Waals surface area contributed by atoms with Gasteiger partial charge in [-0.05, 0) is 0 Å². The van der Waals surface area contributed by atoms with E-state index >= 15 is 0 Å². The zero-order chi connectivity index (χ0) is 9.61. The van der Waals surface area contributed by atoms with Crippen molar-refractivity contribution >= 4 is 7.94 Å². The second-order valence-electron chi connectivity index (χ2n) is 2.39. The molecule has 0 fully saturated rings. The van der Waals surface area contributed by atoms with Crippen molar-refractivity contribution < 1.29 is 24.5 Å². The van der Waals surface area contributed by atoms with E-state index in [-0.39, 0.29) is 19.2 Å². The molecule has 0 heterocycles. The van der Waals surface area contributed by atoms with Crippen LogP contribution in [0.3, 0.4) is 0 Å². The first-order valence-corrected chi connectivity index (χ1v) is 5.58. The van der Waals surface area contributed by atoms with E-state index in [0.29, 0.717) is 0 Å². The van der Waals surface area contributed by atoms with Crippen LogP contribution >= 0.6 is 7.94 Å². The minimum atomic E-state index is -4.03. The van der Waals surface area contributed by atoms with Crippen molar-refractivity contribution in [2.24, 2.45) is 0 Å². The van der Waals surface area contributed by atoms with Crippen LogP contribution in [-0.4, -0.2) is 38.8 Å². The summed E-state index contributed by atoms with van der Waals surface area (Å²) < 4.78 is 4.71. The summed E-state index contributed by atoms with van der Waals surface area (Å²) in [6.45, 7) is 3.56. The van der Waals surface area contributed by atoms with Gasteiger partial charge in [-0.3, -0.25) is 0 Å². The Morgan fingerprint density at radius 3 is 2.42 bits per heavy atom. The minimum absolute atomic E-state index is 0.00353. The summed E-state index contributed by atoms with van der Waals surface area (Å²) in [6, 6.07) is 0. The van der Waals surface area contributed by atoms with Crippen LogP contribution in [0.5, 0.6) is 0 Å². The molecule has 0 aromatic heterocycles. The number of aliphatic hydroxyl groups excluding tert-OH is 1. The molecule has 0 saturated carbocycles. The zero-order valence-electron chi connectivity index (χ0n) is 6.68. The monoisotopic (exact) mass is 198 g/mol. The molecule has 0 aliphatic rings. The number of hydrogen-bond donors (Lipinski definition) is 4. The Bertz CT molecular complexity index is 132. The fourth-order valence-corrected chi connectivity index (χ4v) is 1.21. The first kappa shape index (κ1) is 12.0. The van der Waals surface area contributed by atoms with Crippen molar-refractivity contribution in [3.8, 4) is 0 Å². The van der Waals surface area contributed by atoms with Gasteiger partial charge in [0.2, 0.25) is 0 Å². The van der Waals surface area contributed by atoms with Crippen LogP contribution in [0.2, 0.25) is 0 Å². The standard InChI is InChI=1S/C6H15O5P/c1-2-4-11-6(7)3-5-12(8,9)10/h2,6-10,12H,1,3-5H2. The fourth-order valence-electron chi connectivity index (χ4n) is 0.580. The number of aliphatic hydroxyl groups is 1. The van der Waals surface area contributed by atoms with E-state index < -0.39 is 14.2 Å². The summed E-state index contributed by atoms with van der Waals surface area (Å²) in [5.74, 6) is 0. The second kappa shape index (κ2) is 5.59. The summed E-state index contributed by atoms with van der Waals surface area (Å²) in [5, 5.41) is 8.96. The van der Waals surface area contributed by atoms with Crippen LogP contribution in [0.15, 0.2) is 12.7 Å². The van der Waals surface area contributed by atoms with Crippen molar-refractivity contribution in [3.05, 3.63) is 12.7 Å². The van der Waals surface area contributed by atoms with E-state index in [0.717, 1.165) is 0 Å². The second-order valence-corrected chi connectivity index (χ2v) is 4.44. The molecular weight excluding hydrogens is 183 g/mol. The molecule has 0 bridgehead atoms. The quantitative estimate of drug-likeness (QED) is 0.259. The topological polar surface area (TPSA) is 90.2 Å². The summed E-state index contributed by atoms with van der Waals surface area (Å²) >= 11 is 0. The van der Waals surface area contributed by atoms with E-state index in [1.165, 1.54) is 6.08 Å². The zero-order valence-corrected chi connectivity index (χ0v) is 7.68. The molecular formula is C6H15O5P. The molecule has 0 aromatic carbocycles. The Morgan fingerprint density at radius 2 is 2.00 bits per heavy atom. The molecule has 0 spiro atoms. The van der Waals surface area contributed by atoms with Gasteiger partial charge in [0, 0.05) is 0 Å². The van der Waals surface area contributed by atoms with E-state index in [9.17, 15) is 0 Å². The predicted molar refractivity (Wildman–Crippen MR) is 46.6 cm³/mol. The molecule has 0 aliphatic carbocycles. The summed E-state index contributed by atoms with van der Waals surface area (Å²) in [7, 11) is -4.03. The SMILES string of the molecule is C=CCOC(O)CC[PH](O)(O)O. The van der Waals surface area contributed by atoms with Gasteiger partial charge in [0.05, 0.1) is 0 Å². The van der Waals surface area contributed by atoms with E-state index in [4.69, 9.17) is 24.5 Å². The summed E-state index contributed by atoms with van der Waals surface area (Å²) in [6.07, 6.45) is 0.154. The third-order valence-corrected chi connectivity index (χ3v) is 2.09. The van der Waals surface area contributed by atoms with Gasteiger partial charge in [0.1, 0.15) is 0 Å². The van der Waals surface area contributed by atoms with E-state index in [1.54, 1.807) is 0 Å². The molecule has 74 valence electrons. The number of hydrogen-bond acceptors (Lipinski definition) is 5. The van der Waals surface area contributed by atoms with Crippen LogP contribution in [-0.2, 0) is 4.74 Å². The molecule has 0 radical (unpaired) electrons. The van der Waals surface area contributed by atoms with Gasteiger partial charge in [0.15, 0.2) is 0 Å². The Morgan fingerprint density at radius 1 is 1.42 bits per heavy atom. The molecule has 0 saturated heterocycles. The fraction of sp³-hybridized carbons (Fsp3) is 0.667. The van der Waals surface area contributed by atoms with Gasteiger partial charge in [0.25, 0.3) is 0 Å². The maximum atomic E-state index is 8.96. The van der Waals surface area contributed by atoms with Crippen LogP contribution in [0.1, 0.15) is 6.42 Å². The van der Waals surface area contributed by atoms with Crippen molar-refractivity contribution in [3.63, 3.8) is 0 Å². The molecule has 4 N–H and O–H groups in total. The van der Waals surface area contributed by atoms with Crippen molar-refractivity contribution in [1.29, 1.82) is 0 Å².